The molecule has 5 heteroatoms. The lowest BCUT2D eigenvalue weighted by atomic mass is 10.0. The number of rotatable bonds is 3. The fourth-order valence-electron chi connectivity index (χ4n) is 3.50. The predicted octanol–water partition coefficient (Wildman–Crippen LogP) is 2.17. The molecule has 2 aliphatic heterocycles. The molecule has 0 saturated carbocycles. The third kappa shape index (κ3) is 2.78. The van der Waals surface area contributed by atoms with Gasteiger partial charge in [0.1, 0.15) is 6.33 Å². The molecule has 5 nitrogen and oxygen atoms in total. The topological polar surface area (TPSA) is 51.4 Å². The van der Waals surface area contributed by atoms with E-state index in [4.69, 9.17) is 9.15 Å². The smallest absolute Gasteiger partial charge is 0.116 e. The van der Waals surface area contributed by atoms with E-state index in [2.05, 4.69) is 14.9 Å². The van der Waals surface area contributed by atoms with Crippen molar-refractivity contribution in [2.75, 3.05) is 32.8 Å². The summed E-state index contributed by atoms with van der Waals surface area (Å²) in [5.74, 6) is 0.695. The Kier molecular flexibility index (Phi) is 3.91. The average molecular weight is 299 g/mol. The molecular weight excluding hydrogens is 278 g/mol. The van der Waals surface area contributed by atoms with Crippen LogP contribution < -0.4 is 0 Å². The maximum Gasteiger partial charge on any atom is 0.116 e. The van der Waals surface area contributed by atoms with E-state index in [1.807, 2.05) is 6.07 Å². The Hall–Kier alpha value is -1.72. The number of ether oxygens (including phenoxy) is 1. The van der Waals surface area contributed by atoms with E-state index in [-0.39, 0.29) is 0 Å². The van der Waals surface area contributed by atoms with Gasteiger partial charge >= 0.3 is 0 Å². The molecule has 0 aliphatic carbocycles. The fraction of sp³-hybridized carbons (Fsp3) is 0.529. The molecule has 0 radical (unpaired) electrons. The Morgan fingerprint density at radius 1 is 1.23 bits per heavy atom. The molecular formula is C17H21N3O2. The third-order valence-corrected chi connectivity index (χ3v) is 4.71. The summed E-state index contributed by atoms with van der Waals surface area (Å²) in [4.78, 5) is 11.6. The molecule has 22 heavy (non-hydrogen) atoms. The summed E-state index contributed by atoms with van der Waals surface area (Å²) in [6, 6.07) is 1.97. The van der Waals surface area contributed by atoms with Crippen LogP contribution in [0.2, 0.25) is 0 Å². The van der Waals surface area contributed by atoms with Crippen molar-refractivity contribution in [3.63, 3.8) is 0 Å². The van der Waals surface area contributed by atoms with Crippen LogP contribution >= 0.6 is 0 Å². The van der Waals surface area contributed by atoms with Crippen molar-refractivity contribution in [1.29, 1.82) is 0 Å². The number of nitrogens with zero attached hydrogens (tertiary/aromatic N) is 3. The summed E-state index contributed by atoms with van der Waals surface area (Å²) in [5.41, 5.74) is 4.56. The highest BCUT2D eigenvalue weighted by Crippen LogP contribution is 2.26. The molecule has 0 spiro atoms. The van der Waals surface area contributed by atoms with Crippen LogP contribution in [0.3, 0.4) is 0 Å². The highest BCUT2D eigenvalue weighted by Gasteiger charge is 2.23. The number of fused-ring (bicyclic) bond motifs is 1. The highest BCUT2D eigenvalue weighted by atomic mass is 16.5. The molecule has 2 aromatic heterocycles. The Morgan fingerprint density at radius 3 is 3.00 bits per heavy atom. The van der Waals surface area contributed by atoms with Gasteiger partial charge in [-0.2, -0.15) is 0 Å². The summed E-state index contributed by atoms with van der Waals surface area (Å²) >= 11 is 0. The summed E-state index contributed by atoms with van der Waals surface area (Å²) in [7, 11) is 0. The molecule has 0 aromatic carbocycles. The van der Waals surface area contributed by atoms with Crippen LogP contribution in [0.25, 0.3) is 11.3 Å². The molecule has 0 amide bonds. The number of aromatic nitrogens is 2. The lowest BCUT2D eigenvalue weighted by Crippen LogP contribution is -2.32. The van der Waals surface area contributed by atoms with Crippen molar-refractivity contribution in [3.8, 4) is 11.3 Å². The first kappa shape index (κ1) is 13.9. The van der Waals surface area contributed by atoms with E-state index in [0.717, 1.165) is 56.9 Å². The summed E-state index contributed by atoms with van der Waals surface area (Å²) in [6.07, 6.45) is 8.35. The van der Waals surface area contributed by atoms with Crippen LogP contribution in [0.4, 0.5) is 0 Å². The maximum absolute atomic E-state index is 5.50. The van der Waals surface area contributed by atoms with E-state index in [0.29, 0.717) is 5.92 Å². The second-order valence-electron chi connectivity index (χ2n) is 6.19. The monoisotopic (exact) mass is 299 g/mol. The van der Waals surface area contributed by atoms with Crippen LogP contribution in [0, 0.1) is 5.92 Å². The molecule has 1 saturated heterocycles. The van der Waals surface area contributed by atoms with Crippen LogP contribution in [0.15, 0.2) is 29.3 Å². The van der Waals surface area contributed by atoms with Gasteiger partial charge in [0.05, 0.1) is 24.8 Å². The predicted molar refractivity (Wildman–Crippen MR) is 82.5 cm³/mol. The second kappa shape index (κ2) is 6.18. The van der Waals surface area contributed by atoms with Gasteiger partial charge in [-0.3, -0.25) is 0 Å². The van der Waals surface area contributed by atoms with Gasteiger partial charge in [0, 0.05) is 49.5 Å². The van der Waals surface area contributed by atoms with Gasteiger partial charge in [-0.05, 0) is 24.8 Å². The lowest BCUT2D eigenvalue weighted by Gasteiger charge is -2.22. The molecule has 1 unspecified atom stereocenters. The first-order valence-corrected chi connectivity index (χ1v) is 8.05. The molecule has 116 valence electrons. The minimum atomic E-state index is 0.695. The zero-order valence-electron chi connectivity index (χ0n) is 12.7. The van der Waals surface area contributed by atoms with Gasteiger partial charge in [0.25, 0.3) is 0 Å². The second-order valence-corrected chi connectivity index (χ2v) is 6.19. The highest BCUT2D eigenvalue weighted by molar-refractivity contribution is 5.62. The third-order valence-electron chi connectivity index (χ3n) is 4.71. The SMILES string of the molecule is c1nc2c(c(-c3ccoc3)n1)CCN(CC1CCOC1)CC2. The van der Waals surface area contributed by atoms with Gasteiger partial charge in [-0.25, -0.2) is 9.97 Å². The van der Waals surface area contributed by atoms with Crippen molar-refractivity contribution >= 4 is 0 Å². The number of hydrogen-bond donors (Lipinski definition) is 0. The van der Waals surface area contributed by atoms with E-state index >= 15 is 0 Å². The molecule has 4 rings (SSSR count). The van der Waals surface area contributed by atoms with Crippen molar-refractivity contribution in [2.24, 2.45) is 5.92 Å². The molecule has 2 aliphatic rings. The Labute approximate surface area is 130 Å². The Bertz CT molecular complexity index is 621. The van der Waals surface area contributed by atoms with E-state index in [1.165, 1.54) is 17.7 Å². The normalized spacial score (nSPS) is 22.5. The van der Waals surface area contributed by atoms with E-state index in [9.17, 15) is 0 Å². The van der Waals surface area contributed by atoms with E-state index < -0.39 is 0 Å². The molecule has 0 bridgehead atoms. The van der Waals surface area contributed by atoms with Crippen molar-refractivity contribution < 1.29 is 9.15 Å². The van der Waals surface area contributed by atoms with Crippen LogP contribution in [-0.2, 0) is 17.6 Å². The first-order valence-electron chi connectivity index (χ1n) is 8.05. The zero-order valence-corrected chi connectivity index (χ0v) is 12.7. The van der Waals surface area contributed by atoms with Crippen LogP contribution in [-0.4, -0.2) is 47.7 Å². The molecule has 2 aromatic rings. The summed E-state index contributed by atoms with van der Waals surface area (Å²) in [5, 5.41) is 0. The van der Waals surface area contributed by atoms with Gasteiger partial charge in [0.2, 0.25) is 0 Å². The summed E-state index contributed by atoms with van der Waals surface area (Å²) in [6.45, 7) is 5.13. The standard InChI is InChI=1S/C17H21N3O2/c1-5-20(9-13-3-7-21-10-13)6-2-16-15(1)17(19-12-18-16)14-4-8-22-11-14/h4,8,11-13H,1-3,5-7,9-10H2. The average Bonchev–Trinajstić information content (AvgIpc) is 3.20. The number of furan rings is 1. The van der Waals surface area contributed by atoms with Gasteiger partial charge in [-0.15, -0.1) is 0 Å². The van der Waals surface area contributed by atoms with Crippen molar-refractivity contribution in [1.82, 2.24) is 14.9 Å². The molecule has 1 fully saturated rings. The number of hydrogen-bond acceptors (Lipinski definition) is 5. The van der Waals surface area contributed by atoms with Gasteiger partial charge in [0.15, 0.2) is 0 Å². The Balaban J connectivity index is 1.53. The first-order chi connectivity index (χ1) is 10.9. The zero-order chi connectivity index (χ0) is 14.8. The summed E-state index contributed by atoms with van der Waals surface area (Å²) < 4.78 is 10.7. The largest absolute Gasteiger partial charge is 0.472 e. The molecule has 1 atom stereocenters. The quantitative estimate of drug-likeness (QED) is 0.869. The van der Waals surface area contributed by atoms with Gasteiger partial charge in [-0.1, -0.05) is 0 Å². The molecule has 0 N–H and O–H groups in total. The van der Waals surface area contributed by atoms with Crippen molar-refractivity contribution in [2.45, 2.75) is 19.3 Å². The fourth-order valence-corrected chi connectivity index (χ4v) is 3.50. The van der Waals surface area contributed by atoms with Crippen LogP contribution in [0.1, 0.15) is 17.7 Å². The molecule has 4 heterocycles. The lowest BCUT2D eigenvalue weighted by molar-refractivity contribution is 0.168. The van der Waals surface area contributed by atoms with Crippen molar-refractivity contribution in [3.05, 3.63) is 36.2 Å². The Morgan fingerprint density at radius 2 is 2.18 bits per heavy atom. The minimum absolute atomic E-state index is 0.695. The van der Waals surface area contributed by atoms with E-state index in [1.54, 1.807) is 18.9 Å². The minimum Gasteiger partial charge on any atom is -0.472 e. The van der Waals surface area contributed by atoms with Crippen LogP contribution in [0.5, 0.6) is 0 Å². The maximum atomic E-state index is 5.50. The van der Waals surface area contributed by atoms with Gasteiger partial charge < -0.3 is 14.1 Å².